The average Bonchev–Trinajstić information content (AvgIpc) is 2.39. The molecule has 3 heteroatoms. The summed E-state index contributed by atoms with van der Waals surface area (Å²) in [7, 11) is 0. The van der Waals surface area contributed by atoms with E-state index in [4.69, 9.17) is 11.0 Å². The summed E-state index contributed by atoms with van der Waals surface area (Å²) in [5.74, 6) is 1.58. The van der Waals surface area contributed by atoms with Crippen molar-refractivity contribution >= 4 is 11.4 Å². The first-order valence-corrected chi connectivity index (χ1v) is 6.67. The molecule has 96 valence electrons. The highest BCUT2D eigenvalue weighted by atomic mass is 15.1. The molecule has 0 unspecified atom stereocenters. The molecular formula is C15H21N3. The van der Waals surface area contributed by atoms with Gasteiger partial charge in [0.25, 0.3) is 0 Å². The van der Waals surface area contributed by atoms with Gasteiger partial charge in [0.15, 0.2) is 0 Å². The van der Waals surface area contributed by atoms with E-state index in [-0.39, 0.29) is 0 Å². The fraction of sp³-hybridized carbons (Fsp3) is 0.533. The number of benzene rings is 1. The van der Waals surface area contributed by atoms with Crippen LogP contribution in [0.1, 0.15) is 32.3 Å². The Labute approximate surface area is 109 Å². The highest BCUT2D eigenvalue weighted by Gasteiger charge is 2.23. The van der Waals surface area contributed by atoms with Crippen LogP contribution >= 0.6 is 0 Å². The summed E-state index contributed by atoms with van der Waals surface area (Å²) in [6.07, 6.45) is 2.43. The number of nitrogens with two attached hydrogens (primary N) is 1. The van der Waals surface area contributed by atoms with Gasteiger partial charge in [-0.1, -0.05) is 19.9 Å². The van der Waals surface area contributed by atoms with Crippen LogP contribution in [-0.2, 0) is 0 Å². The Bertz CT molecular complexity index is 451. The topological polar surface area (TPSA) is 53.0 Å². The fourth-order valence-electron chi connectivity index (χ4n) is 2.73. The zero-order valence-electron chi connectivity index (χ0n) is 11.2. The van der Waals surface area contributed by atoms with Gasteiger partial charge in [-0.05, 0) is 36.8 Å². The highest BCUT2D eigenvalue weighted by Crippen LogP contribution is 2.32. The quantitative estimate of drug-likeness (QED) is 0.812. The minimum Gasteiger partial charge on any atom is -0.396 e. The SMILES string of the molecule is CC(C)C1CCN(c2cccc(C#N)c2N)CC1. The van der Waals surface area contributed by atoms with Gasteiger partial charge in [-0.25, -0.2) is 0 Å². The van der Waals surface area contributed by atoms with Gasteiger partial charge >= 0.3 is 0 Å². The molecule has 1 heterocycles. The van der Waals surface area contributed by atoms with Crippen LogP contribution in [-0.4, -0.2) is 13.1 Å². The van der Waals surface area contributed by atoms with Crippen LogP contribution in [0.5, 0.6) is 0 Å². The largest absolute Gasteiger partial charge is 0.396 e. The maximum absolute atomic E-state index is 9.01. The van der Waals surface area contributed by atoms with E-state index in [1.54, 1.807) is 6.07 Å². The zero-order valence-corrected chi connectivity index (χ0v) is 11.2. The number of piperidine rings is 1. The summed E-state index contributed by atoms with van der Waals surface area (Å²) >= 11 is 0. The van der Waals surface area contributed by atoms with E-state index in [1.807, 2.05) is 12.1 Å². The number of anilines is 2. The van der Waals surface area contributed by atoms with Crippen molar-refractivity contribution in [3.05, 3.63) is 23.8 Å². The van der Waals surface area contributed by atoms with Gasteiger partial charge in [-0.3, -0.25) is 0 Å². The lowest BCUT2D eigenvalue weighted by molar-refractivity contribution is 0.311. The van der Waals surface area contributed by atoms with E-state index in [2.05, 4.69) is 24.8 Å². The first kappa shape index (κ1) is 12.8. The zero-order chi connectivity index (χ0) is 13.1. The summed E-state index contributed by atoms with van der Waals surface area (Å²) in [6.45, 7) is 6.68. The molecule has 3 nitrogen and oxygen atoms in total. The second-order valence-corrected chi connectivity index (χ2v) is 5.42. The lowest BCUT2D eigenvalue weighted by Crippen LogP contribution is -2.35. The summed E-state index contributed by atoms with van der Waals surface area (Å²) in [5.41, 5.74) is 8.29. The lowest BCUT2D eigenvalue weighted by Gasteiger charge is -2.36. The number of nitrogens with zero attached hydrogens (tertiary/aromatic N) is 2. The van der Waals surface area contributed by atoms with Gasteiger partial charge in [-0.15, -0.1) is 0 Å². The second kappa shape index (κ2) is 5.30. The van der Waals surface area contributed by atoms with Crippen LogP contribution in [0, 0.1) is 23.2 Å². The van der Waals surface area contributed by atoms with Gasteiger partial charge in [0, 0.05) is 13.1 Å². The number of para-hydroxylation sites is 1. The Hall–Kier alpha value is -1.69. The van der Waals surface area contributed by atoms with Gasteiger partial charge in [-0.2, -0.15) is 5.26 Å². The second-order valence-electron chi connectivity index (χ2n) is 5.42. The summed E-state index contributed by atoms with van der Waals surface area (Å²) in [4.78, 5) is 2.31. The predicted octanol–water partition coefficient (Wildman–Crippen LogP) is 3.01. The van der Waals surface area contributed by atoms with Crippen molar-refractivity contribution in [2.75, 3.05) is 23.7 Å². The molecule has 1 aromatic carbocycles. The molecular weight excluding hydrogens is 222 g/mol. The minimum absolute atomic E-state index is 0.582. The van der Waals surface area contributed by atoms with E-state index in [0.717, 1.165) is 30.6 Å². The normalized spacial score (nSPS) is 16.9. The van der Waals surface area contributed by atoms with E-state index < -0.39 is 0 Å². The van der Waals surface area contributed by atoms with Gasteiger partial charge in [0.2, 0.25) is 0 Å². The maximum atomic E-state index is 9.01. The van der Waals surface area contributed by atoms with Crippen molar-refractivity contribution in [2.45, 2.75) is 26.7 Å². The first-order valence-electron chi connectivity index (χ1n) is 6.67. The highest BCUT2D eigenvalue weighted by molar-refractivity contribution is 5.74. The Balaban J connectivity index is 2.13. The molecule has 0 amide bonds. The number of hydrogen-bond acceptors (Lipinski definition) is 3. The monoisotopic (exact) mass is 243 g/mol. The Morgan fingerprint density at radius 3 is 2.56 bits per heavy atom. The van der Waals surface area contributed by atoms with Crippen LogP contribution in [0.4, 0.5) is 11.4 Å². The smallest absolute Gasteiger partial charge is 0.101 e. The Kier molecular flexibility index (Phi) is 3.76. The number of nitriles is 1. The lowest BCUT2D eigenvalue weighted by atomic mass is 9.86. The van der Waals surface area contributed by atoms with Crippen LogP contribution in [0.25, 0.3) is 0 Å². The van der Waals surface area contributed by atoms with Crippen LogP contribution in [0.15, 0.2) is 18.2 Å². The minimum atomic E-state index is 0.582. The van der Waals surface area contributed by atoms with E-state index in [0.29, 0.717) is 11.3 Å². The molecule has 2 N–H and O–H groups in total. The fourth-order valence-corrected chi connectivity index (χ4v) is 2.73. The van der Waals surface area contributed by atoms with Crippen LogP contribution < -0.4 is 10.6 Å². The van der Waals surface area contributed by atoms with Gasteiger partial charge < -0.3 is 10.6 Å². The third-order valence-corrected chi connectivity index (χ3v) is 4.03. The van der Waals surface area contributed by atoms with Crippen LogP contribution in [0.2, 0.25) is 0 Å². The Morgan fingerprint density at radius 1 is 1.33 bits per heavy atom. The molecule has 0 saturated carbocycles. The van der Waals surface area contributed by atoms with Crippen molar-refractivity contribution in [1.29, 1.82) is 5.26 Å². The molecule has 1 saturated heterocycles. The van der Waals surface area contributed by atoms with Crippen molar-refractivity contribution in [2.24, 2.45) is 11.8 Å². The standard InChI is InChI=1S/C15H21N3/c1-11(2)12-6-8-18(9-7-12)14-5-3-4-13(10-16)15(14)17/h3-5,11-12H,6-9,17H2,1-2H3. The first-order chi connectivity index (χ1) is 8.63. The molecule has 1 fully saturated rings. The average molecular weight is 243 g/mol. The van der Waals surface area contributed by atoms with Gasteiger partial charge in [0.05, 0.1) is 16.9 Å². The maximum Gasteiger partial charge on any atom is 0.101 e. The van der Waals surface area contributed by atoms with E-state index in [1.165, 1.54) is 12.8 Å². The molecule has 0 aliphatic carbocycles. The summed E-state index contributed by atoms with van der Waals surface area (Å²) < 4.78 is 0. The molecule has 0 atom stereocenters. The molecule has 1 aliphatic heterocycles. The third-order valence-electron chi connectivity index (χ3n) is 4.03. The van der Waals surface area contributed by atoms with Gasteiger partial charge in [0.1, 0.15) is 6.07 Å². The molecule has 18 heavy (non-hydrogen) atoms. The number of nitrogen functional groups attached to an aromatic ring is 1. The summed E-state index contributed by atoms with van der Waals surface area (Å²) in [5, 5.41) is 9.01. The van der Waals surface area contributed by atoms with Crippen molar-refractivity contribution in [3.63, 3.8) is 0 Å². The summed E-state index contributed by atoms with van der Waals surface area (Å²) in [6, 6.07) is 7.86. The molecule has 0 aromatic heterocycles. The van der Waals surface area contributed by atoms with E-state index >= 15 is 0 Å². The molecule has 0 spiro atoms. The van der Waals surface area contributed by atoms with Crippen molar-refractivity contribution < 1.29 is 0 Å². The van der Waals surface area contributed by atoms with Crippen molar-refractivity contribution in [3.8, 4) is 6.07 Å². The van der Waals surface area contributed by atoms with Crippen LogP contribution in [0.3, 0.4) is 0 Å². The number of hydrogen-bond donors (Lipinski definition) is 1. The molecule has 2 rings (SSSR count). The van der Waals surface area contributed by atoms with Crippen molar-refractivity contribution in [1.82, 2.24) is 0 Å². The Morgan fingerprint density at radius 2 is 2.00 bits per heavy atom. The van der Waals surface area contributed by atoms with E-state index in [9.17, 15) is 0 Å². The number of rotatable bonds is 2. The predicted molar refractivity (Wildman–Crippen MR) is 75.3 cm³/mol. The third kappa shape index (κ3) is 2.43. The molecule has 1 aromatic rings. The molecule has 1 aliphatic rings. The molecule has 0 bridgehead atoms. The molecule has 0 radical (unpaired) electrons.